The van der Waals surface area contributed by atoms with Crippen molar-refractivity contribution in [3.05, 3.63) is 39.9 Å². The number of Topliss-reactive ketones (excluding diaryl/α,β-unsaturated/α-hetero) is 1. The summed E-state index contributed by atoms with van der Waals surface area (Å²) in [6.45, 7) is 0. The van der Waals surface area contributed by atoms with Crippen LogP contribution in [0.3, 0.4) is 0 Å². The van der Waals surface area contributed by atoms with E-state index in [1.54, 1.807) is 18.2 Å². The van der Waals surface area contributed by atoms with Gasteiger partial charge in [-0.25, -0.2) is 0 Å². The summed E-state index contributed by atoms with van der Waals surface area (Å²) in [6.07, 6.45) is 0. The molecule has 0 bridgehead atoms. The third-order valence-corrected chi connectivity index (χ3v) is 3.38. The Morgan fingerprint density at radius 2 is 2.05 bits per heavy atom. The van der Waals surface area contributed by atoms with Crippen LogP contribution in [0, 0.1) is 0 Å². The molecule has 0 saturated carbocycles. The molecule has 2 aromatic rings. The van der Waals surface area contributed by atoms with E-state index >= 15 is 0 Å². The summed E-state index contributed by atoms with van der Waals surface area (Å²) in [4.78, 5) is 35.3. The van der Waals surface area contributed by atoms with Crippen LogP contribution in [0.4, 0.5) is 5.69 Å². The topological polar surface area (TPSA) is 101 Å². The lowest BCUT2D eigenvalue weighted by molar-refractivity contribution is -0.112. The molecular formula is C12H9ClN4O3S. The number of benzene rings is 1. The van der Waals surface area contributed by atoms with Crippen LogP contribution in [-0.4, -0.2) is 34.2 Å². The highest BCUT2D eigenvalue weighted by molar-refractivity contribution is 7.09. The zero-order valence-corrected chi connectivity index (χ0v) is 12.3. The second kappa shape index (κ2) is 6.42. The molecule has 0 saturated heterocycles. The highest BCUT2D eigenvalue weighted by atomic mass is 35.5. The van der Waals surface area contributed by atoms with Gasteiger partial charge in [0.15, 0.2) is 5.69 Å². The summed E-state index contributed by atoms with van der Waals surface area (Å²) >= 11 is 6.47. The quantitative estimate of drug-likeness (QED) is 0.653. The molecule has 0 fully saturated rings. The number of nitrogens with one attached hydrogen (secondary N) is 2. The van der Waals surface area contributed by atoms with Gasteiger partial charge >= 0.3 is 0 Å². The maximum absolute atomic E-state index is 12.0. The Morgan fingerprint density at radius 1 is 1.29 bits per heavy atom. The minimum absolute atomic E-state index is 0.117. The summed E-state index contributed by atoms with van der Waals surface area (Å²) in [5.74, 6) is -2.36. The van der Waals surface area contributed by atoms with Gasteiger partial charge in [-0.15, -0.1) is 5.10 Å². The highest BCUT2D eigenvalue weighted by Gasteiger charge is 2.26. The maximum Gasteiger partial charge on any atom is 0.297 e. The monoisotopic (exact) mass is 324 g/mol. The molecule has 0 aliphatic carbocycles. The van der Waals surface area contributed by atoms with Crippen LogP contribution in [0.1, 0.15) is 20.2 Å². The molecule has 7 nitrogen and oxygen atoms in total. The Balaban J connectivity index is 2.19. The van der Waals surface area contributed by atoms with Gasteiger partial charge in [0.1, 0.15) is 4.88 Å². The fourth-order valence-electron chi connectivity index (χ4n) is 1.46. The average molecular weight is 325 g/mol. The van der Waals surface area contributed by atoms with Crippen LogP contribution in [0.5, 0.6) is 0 Å². The number of ketones is 1. The number of amides is 2. The first-order valence-electron chi connectivity index (χ1n) is 5.68. The standard InChI is InChI=1S/C12H9ClN4O3S/c1-14-11(19)8-10(21-17-16-8)9(18)12(20)15-7-4-2-3-6(13)5-7/h2-5H,1H3,(H,14,19)(H,15,20). The van der Waals surface area contributed by atoms with E-state index in [4.69, 9.17) is 11.6 Å². The number of hydrogen-bond donors (Lipinski definition) is 2. The van der Waals surface area contributed by atoms with Gasteiger partial charge in [-0.3, -0.25) is 14.4 Å². The van der Waals surface area contributed by atoms with E-state index in [-0.39, 0.29) is 10.6 Å². The third-order valence-electron chi connectivity index (χ3n) is 2.43. The Kier molecular flexibility index (Phi) is 4.61. The number of hydrogen-bond acceptors (Lipinski definition) is 6. The van der Waals surface area contributed by atoms with Crippen molar-refractivity contribution >= 4 is 46.4 Å². The fraction of sp³-hybridized carbons (Fsp3) is 0.0833. The molecule has 108 valence electrons. The lowest BCUT2D eigenvalue weighted by Crippen LogP contribution is -2.26. The van der Waals surface area contributed by atoms with Crippen molar-refractivity contribution in [1.82, 2.24) is 14.9 Å². The molecule has 2 N–H and O–H groups in total. The minimum atomic E-state index is -0.895. The number of carbonyl (C=O) groups excluding carboxylic acids is 3. The molecule has 2 amide bonds. The van der Waals surface area contributed by atoms with E-state index < -0.39 is 17.6 Å². The van der Waals surface area contributed by atoms with E-state index in [2.05, 4.69) is 20.2 Å². The van der Waals surface area contributed by atoms with Crippen molar-refractivity contribution in [2.24, 2.45) is 0 Å². The lowest BCUT2D eigenvalue weighted by Gasteiger charge is -2.04. The molecule has 9 heteroatoms. The second-order valence-corrected chi connectivity index (χ2v) is 5.01. The number of halogens is 1. The van der Waals surface area contributed by atoms with Crippen molar-refractivity contribution in [2.75, 3.05) is 12.4 Å². The molecule has 0 radical (unpaired) electrons. The van der Waals surface area contributed by atoms with E-state index in [1.807, 2.05) is 0 Å². The zero-order valence-electron chi connectivity index (χ0n) is 10.7. The SMILES string of the molecule is CNC(=O)c1nnsc1C(=O)C(=O)Nc1cccc(Cl)c1. The summed E-state index contributed by atoms with van der Waals surface area (Å²) in [6, 6.07) is 6.35. The van der Waals surface area contributed by atoms with Crippen LogP contribution in [0.15, 0.2) is 24.3 Å². The van der Waals surface area contributed by atoms with Crippen LogP contribution in [0.25, 0.3) is 0 Å². The van der Waals surface area contributed by atoms with Gasteiger partial charge < -0.3 is 10.6 Å². The van der Waals surface area contributed by atoms with E-state index in [1.165, 1.54) is 13.1 Å². The third kappa shape index (κ3) is 3.41. The highest BCUT2D eigenvalue weighted by Crippen LogP contribution is 2.16. The molecule has 1 aromatic heterocycles. The largest absolute Gasteiger partial charge is 0.354 e. The molecule has 0 spiro atoms. The zero-order chi connectivity index (χ0) is 15.4. The van der Waals surface area contributed by atoms with Crippen molar-refractivity contribution in [2.45, 2.75) is 0 Å². The molecule has 1 aromatic carbocycles. The molecule has 1 heterocycles. The van der Waals surface area contributed by atoms with Crippen molar-refractivity contribution in [1.29, 1.82) is 0 Å². The number of nitrogens with zero attached hydrogens (tertiary/aromatic N) is 2. The molecule has 0 atom stereocenters. The minimum Gasteiger partial charge on any atom is -0.354 e. The van der Waals surface area contributed by atoms with E-state index in [0.29, 0.717) is 22.2 Å². The van der Waals surface area contributed by atoms with E-state index in [9.17, 15) is 14.4 Å². The van der Waals surface area contributed by atoms with Crippen LogP contribution < -0.4 is 10.6 Å². The van der Waals surface area contributed by atoms with E-state index in [0.717, 1.165) is 0 Å². The predicted molar refractivity (Wildman–Crippen MR) is 77.7 cm³/mol. The molecule has 0 aliphatic rings. The number of anilines is 1. The average Bonchev–Trinajstić information content (AvgIpc) is 2.95. The number of carbonyl (C=O) groups is 3. The van der Waals surface area contributed by atoms with Crippen molar-refractivity contribution in [3.8, 4) is 0 Å². The Morgan fingerprint density at radius 3 is 2.71 bits per heavy atom. The fourth-order valence-corrected chi connectivity index (χ4v) is 2.25. The first kappa shape index (κ1) is 15.1. The van der Waals surface area contributed by atoms with Gasteiger partial charge in [0.25, 0.3) is 17.6 Å². The van der Waals surface area contributed by atoms with Crippen molar-refractivity contribution in [3.63, 3.8) is 0 Å². The molecular weight excluding hydrogens is 316 g/mol. The summed E-state index contributed by atoms with van der Waals surface area (Å²) < 4.78 is 3.52. The van der Waals surface area contributed by atoms with Crippen LogP contribution >= 0.6 is 23.1 Å². The van der Waals surface area contributed by atoms with Gasteiger partial charge in [0.05, 0.1) is 0 Å². The van der Waals surface area contributed by atoms with Crippen LogP contribution in [-0.2, 0) is 4.79 Å². The Hall–Kier alpha value is -2.32. The van der Waals surface area contributed by atoms with Gasteiger partial charge in [-0.1, -0.05) is 22.2 Å². The predicted octanol–water partition coefficient (Wildman–Crippen LogP) is 1.37. The van der Waals surface area contributed by atoms with Gasteiger partial charge in [-0.2, -0.15) is 0 Å². The van der Waals surface area contributed by atoms with Gasteiger partial charge in [-0.05, 0) is 29.7 Å². The molecule has 2 rings (SSSR count). The summed E-state index contributed by atoms with van der Waals surface area (Å²) in [5.41, 5.74) is 0.202. The molecule has 21 heavy (non-hydrogen) atoms. The maximum atomic E-state index is 12.0. The first-order valence-corrected chi connectivity index (χ1v) is 6.83. The normalized spacial score (nSPS) is 10.0. The number of rotatable bonds is 4. The van der Waals surface area contributed by atoms with Crippen LogP contribution in [0.2, 0.25) is 5.02 Å². The van der Waals surface area contributed by atoms with Crippen molar-refractivity contribution < 1.29 is 14.4 Å². The second-order valence-electron chi connectivity index (χ2n) is 3.82. The Bertz CT molecular complexity index is 716. The van der Waals surface area contributed by atoms with Gasteiger partial charge in [0, 0.05) is 17.8 Å². The Labute approximate surface area is 128 Å². The molecule has 0 unspecified atom stereocenters. The summed E-state index contributed by atoms with van der Waals surface area (Å²) in [5, 5.41) is 8.69. The van der Waals surface area contributed by atoms with Gasteiger partial charge in [0.2, 0.25) is 0 Å². The number of aromatic nitrogens is 2. The molecule has 0 aliphatic heterocycles. The summed E-state index contributed by atoms with van der Waals surface area (Å²) in [7, 11) is 1.39. The lowest BCUT2D eigenvalue weighted by atomic mass is 10.2. The smallest absolute Gasteiger partial charge is 0.297 e. The first-order chi connectivity index (χ1) is 10.0.